The van der Waals surface area contributed by atoms with Crippen LogP contribution in [-0.2, 0) is 13.0 Å². The van der Waals surface area contributed by atoms with Gasteiger partial charge in [-0.1, -0.05) is 31.2 Å². The Labute approximate surface area is 110 Å². The maximum absolute atomic E-state index is 5.77. The van der Waals surface area contributed by atoms with Crippen LogP contribution in [0.5, 0.6) is 0 Å². The number of nitrogens with zero attached hydrogens (tertiary/aromatic N) is 1. The standard InChI is InChI=1S/C15H22ClN/c1-13(6-9-16)7-10-17-11-8-14-4-2-3-5-15(14)12-17/h2-5,13H,6-12H2,1H3. The van der Waals surface area contributed by atoms with Crippen LogP contribution >= 0.6 is 11.6 Å². The third kappa shape index (κ3) is 3.72. The number of halogens is 1. The van der Waals surface area contributed by atoms with Crippen LogP contribution in [0, 0.1) is 5.92 Å². The molecule has 0 fully saturated rings. The molecule has 17 heavy (non-hydrogen) atoms. The van der Waals surface area contributed by atoms with E-state index in [9.17, 15) is 0 Å². The molecule has 1 aliphatic heterocycles. The molecule has 0 spiro atoms. The predicted octanol–water partition coefficient (Wildman–Crippen LogP) is 3.70. The van der Waals surface area contributed by atoms with Crippen LogP contribution in [0.1, 0.15) is 30.9 Å². The first-order valence-corrected chi connectivity index (χ1v) is 7.18. The molecule has 0 radical (unpaired) electrons. The average Bonchev–Trinajstić information content (AvgIpc) is 2.36. The minimum absolute atomic E-state index is 0.754. The Balaban J connectivity index is 1.82. The topological polar surface area (TPSA) is 3.24 Å². The van der Waals surface area contributed by atoms with E-state index in [1.807, 2.05) is 0 Å². The predicted molar refractivity (Wildman–Crippen MR) is 74.5 cm³/mol. The van der Waals surface area contributed by atoms with Gasteiger partial charge in [0, 0.05) is 19.0 Å². The molecule has 1 aliphatic rings. The van der Waals surface area contributed by atoms with E-state index in [0.29, 0.717) is 0 Å². The van der Waals surface area contributed by atoms with Gasteiger partial charge in [-0.3, -0.25) is 4.90 Å². The van der Waals surface area contributed by atoms with Crippen LogP contribution in [-0.4, -0.2) is 23.9 Å². The number of fused-ring (bicyclic) bond motifs is 1. The summed E-state index contributed by atoms with van der Waals surface area (Å²) >= 11 is 5.77. The molecule has 0 N–H and O–H groups in total. The molecule has 1 aromatic carbocycles. The van der Waals surface area contributed by atoms with Crippen molar-refractivity contribution in [2.24, 2.45) is 5.92 Å². The normalized spacial score (nSPS) is 17.8. The molecule has 1 nitrogen and oxygen atoms in total. The zero-order valence-corrected chi connectivity index (χ0v) is 11.4. The fourth-order valence-corrected chi connectivity index (χ4v) is 2.85. The van der Waals surface area contributed by atoms with Gasteiger partial charge in [0.15, 0.2) is 0 Å². The molecule has 1 atom stereocenters. The molecule has 0 saturated heterocycles. The summed E-state index contributed by atoms with van der Waals surface area (Å²) in [7, 11) is 0. The Hall–Kier alpha value is -0.530. The molecule has 0 amide bonds. The van der Waals surface area contributed by atoms with E-state index in [2.05, 4.69) is 36.1 Å². The van der Waals surface area contributed by atoms with E-state index in [4.69, 9.17) is 11.6 Å². The Bertz CT molecular complexity index is 351. The van der Waals surface area contributed by atoms with Crippen molar-refractivity contribution >= 4 is 11.6 Å². The zero-order valence-electron chi connectivity index (χ0n) is 10.7. The van der Waals surface area contributed by atoms with Crippen molar-refractivity contribution in [3.8, 4) is 0 Å². The Kier molecular flexibility index (Phi) is 4.87. The van der Waals surface area contributed by atoms with Crippen molar-refractivity contribution < 1.29 is 0 Å². The fourth-order valence-electron chi connectivity index (χ4n) is 2.48. The first-order chi connectivity index (χ1) is 8.29. The maximum Gasteiger partial charge on any atom is 0.0236 e. The second-order valence-electron chi connectivity index (χ2n) is 5.17. The minimum atomic E-state index is 0.754. The van der Waals surface area contributed by atoms with E-state index in [-0.39, 0.29) is 0 Å². The Morgan fingerprint density at radius 1 is 1.24 bits per heavy atom. The van der Waals surface area contributed by atoms with E-state index >= 15 is 0 Å². The highest BCUT2D eigenvalue weighted by Gasteiger charge is 2.15. The molecule has 2 heteroatoms. The van der Waals surface area contributed by atoms with Crippen molar-refractivity contribution in [2.75, 3.05) is 19.0 Å². The number of rotatable bonds is 5. The molecular weight excluding hydrogens is 230 g/mol. The summed E-state index contributed by atoms with van der Waals surface area (Å²) < 4.78 is 0. The quantitative estimate of drug-likeness (QED) is 0.722. The third-order valence-corrected chi connectivity index (χ3v) is 3.97. The summed E-state index contributed by atoms with van der Waals surface area (Å²) in [6, 6.07) is 8.84. The van der Waals surface area contributed by atoms with Crippen molar-refractivity contribution in [3.63, 3.8) is 0 Å². The summed E-state index contributed by atoms with van der Waals surface area (Å²) in [6.07, 6.45) is 3.63. The summed E-state index contributed by atoms with van der Waals surface area (Å²) in [6.45, 7) is 5.86. The molecular formula is C15H22ClN. The van der Waals surface area contributed by atoms with E-state index < -0.39 is 0 Å². The highest BCUT2D eigenvalue weighted by Crippen LogP contribution is 2.19. The molecule has 94 valence electrons. The van der Waals surface area contributed by atoms with Gasteiger partial charge in [-0.15, -0.1) is 11.6 Å². The summed E-state index contributed by atoms with van der Waals surface area (Å²) in [5.41, 5.74) is 3.06. The number of benzene rings is 1. The lowest BCUT2D eigenvalue weighted by Gasteiger charge is -2.29. The average molecular weight is 252 g/mol. The molecule has 1 heterocycles. The van der Waals surface area contributed by atoms with Gasteiger partial charge in [0.1, 0.15) is 0 Å². The van der Waals surface area contributed by atoms with Crippen LogP contribution in [0.25, 0.3) is 0 Å². The molecule has 0 aliphatic carbocycles. The van der Waals surface area contributed by atoms with E-state index in [0.717, 1.165) is 24.8 Å². The molecule has 1 aromatic rings. The second-order valence-corrected chi connectivity index (χ2v) is 5.54. The zero-order chi connectivity index (χ0) is 12.1. The fraction of sp³-hybridized carbons (Fsp3) is 0.600. The first-order valence-electron chi connectivity index (χ1n) is 6.64. The van der Waals surface area contributed by atoms with Crippen molar-refractivity contribution in [1.82, 2.24) is 4.90 Å². The van der Waals surface area contributed by atoms with Gasteiger partial charge < -0.3 is 0 Å². The summed E-state index contributed by atoms with van der Waals surface area (Å²) in [5, 5.41) is 0. The monoisotopic (exact) mass is 251 g/mol. The molecule has 1 unspecified atom stereocenters. The lowest BCUT2D eigenvalue weighted by Crippen LogP contribution is -2.32. The van der Waals surface area contributed by atoms with Gasteiger partial charge in [0.05, 0.1) is 0 Å². The van der Waals surface area contributed by atoms with E-state index in [1.54, 1.807) is 0 Å². The van der Waals surface area contributed by atoms with Crippen molar-refractivity contribution in [2.45, 2.75) is 32.7 Å². The van der Waals surface area contributed by atoms with Crippen molar-refractivity contribution in [1.29, 1.82) is 0 Å². The van der Waals surface area contributed by atoms with Crippen LogP contribution in [0.15, 0.2) is 24.3 Å². The van der Waals surface area contributed by atoms with Crippen LogP contribution in [0.3, 0.4) is 0 Å². The first kappa shape index (κ1) is 12.9. The maximum atomic E-state index is 5.77. The number of hydrogen-bond acceptors (Lipinski definition) is 1. The van der Waals surface area contributed by atoms with Gasteiger partial charge in [0.25, 0.3) is 0 Å². The van der Waals surface area contributed by atoms with Crippen molar-refractivity contribution in [3.05, 3.63) is 35.4 Å². The Morgan fingerprint density at radius 2 is 2.00 bits per heavy atom. The van der Waals surface area contributed by atoms with Gasteiger partial charge in [-0.05, 0) is 42.9 Å². The summed E-state index contributed by atoms with van der Waals surface area (Å²) in [4.78, 5) is 2.58. The number of hydrogen-bond donors (Lipinski definition) is 0. The highest BCUT2D eigenvalue weighted by molar-refractivity contribution is 6.17. The molecule has 0 saturated carbocycles. The van der Waals surface area contributed by atoms with Gasteiger partial charge in [-0.25, -0.2) is 0 Å². The smallest absolute Gasteiger partial charge is 0.0236 e. The summed E-state index contributed by atoms with van der Waals surface area (Å²) in [5.74, 6) is 1.55. The second kappa shape index (κ2) is 6.42. The van der Waals surface area contributed by atoms with Crippen LogP contribution in [0.2, 0.25) is 0 Å². The lowest BCUT2D eigenvalue weighted by molar-refractivity contribution is 0.235. The molecule has 0 aromatic heterocycles. The van der Waals surface area contributed by atoms with E-state index in [1.165, 1.54) is 37.1 Å². The Morgan fingerprint density at radius 3 is 2.76 bits per heavy atom. The van der Waals surface area contributed by atoms with Gasteiger partial charge >= 0.3 is 0 Å². The van der Waals surface area contributed by atoms with Gasteiger partial charge in [-0.2, -0.15) is 0 Å². The SMILES string of the molecule is CC(CCCl)CCN1CCc2ccccc2C1. The third-order valence-electron chi connectivity index (χ3n) is 3.75. The molecule has 0 bridgehead atoms. The highest BCUT2D eigenvalue weighted by atomic mass is 35.5. The minimum Gasteiger partial charge on any atom is -0.299 e. The largest absolute Gasteiger partial charge is 0.299 e. The van der Waals surface area contributed by atoms with Gasteiger partial charge in [0.2, 0.25) is 0 Å². The van der Waals surface area contributed by atoms with Crippen LogP contribution < -0.4 is 0 Å². The lowest BCUT2D eigenvalue weighted by atomic mass is 9.98. The van der Waals surface area contributed by atoms with Crippen LogP contribution in [0.4, 0.5) is 0 Å². The number of alkyl halides is 1. The molecule has 2 rings (SSSR count).